The van der Waals surface area contributed by atoms with Crippen molar-refractivity contribution in [2.24, 2.45) is 0 Å². The summed E-state index contributed by atoms with van der Waals surface area (Å²) in [5.41, 5.74) is 0. The molecule has 18 heavy (non-hydrogen) atoms. The van der Waals surface area contributed by atoms with E-state index < -0.39 is 18.0 Å². The highest BCUT2D eigenvalue weighted by molar-refractivity contribution is 5.83. The fourth-order valence-electron chi connectivity index (χ4n) is 1.17. The van der Waals surface area contributed by atoms with E-state index in [1.54, 1.807) is 6.92 Å². The highest BCUT2D eigenvalue weighted by atomic mass is 16.4. The smallest absolute Gasteiger partial charge is 0.326 e. The minimum atomic E-state index is -1.22. The van der Waals surface area contributed by atoms with Crippen LogP contribution in [0.1, 0.15) is 19.8 Å². The molecule has 1 atom stereocenters. The molecular formula is C10H19N3O5. The molecule has 0 bridgehead atoms. The summed E-state index contributed by atoms with van der Waals surface area (Å²) in [5, 5.41) is 24.4. The lowest BCUT2D eigenvalue weighted by atomic mass is 10.2. The summed E-state index contributed by atoms with van der Waals surface area (Å²) in [6.45, 7) is 2.08. The first-order valence-electron chi connectivity index (χ1n) is 5.66. The van der Waals surface area contributed by atoms with Crippen LogP contribution in [0.25, 0.3) is 0 Å². The van der Waals surface area contributed by atoms with Crippen molar-refractivity contribution in [2.45, 2.75) is 25.8 Å². The van der Waals surface area contributed by atoms with E-state index in [4.69, 9.17) is 10.2 Å². The summed E-state index contributed by atoms with van der Waals surface area (Å²) < 4.78 is 0. The molecular weight excluding hydrogens is 242 g/mol. The molecule has 3 amide bonds. The zero-order valence-corrected chi connectivity index (χ0v) is 10.2. The highest BCUT2D eigenvalue weighted by Gasteiger charge is 2.18. The zero-order chi connectivity index (χ0) is 14.0. The molecule has 0 spiro atoms. The Balaban J connectivity index is 3.88. The molecule has 8 nitrogen and oxygen atoms in total. The van der Waals surface area contributed by atoms with Crippen LogP contribution in [-0.2, 0) is 9.59 Å². The van der Waals surface area contributed by atoms with Gasteiger partial charge < -0.3 is 26.2 Å². The fourth-order valence-corrected chi connectivity index (χ4v) is 1.17. The molecule has 0 aliphatic heterocycles. The number of carboxylic acid groups (broad SMARTS) is 1. The van der Waals surface area contributed by atoms with Crippen molar-refractivity contribution in [1.82, 2.24) is 16.0 Å². The number of carbonyl (C=O) groups excluding carboxylic acids is 2. The van der Waals surface area contributed by atoms with Crippen molar-refractivity contribution >= 4 is 17.9 Å². The van der Waals surface area contributed by atoms with Gasteiger partial charge in [0.1, 0.15) is 6.04 Å². The van der Waals surface area contributed by atoms with Gasteiger partial charge in [0.15, 0.2) is 0 Å². The molecule has 8 heteroatoms. The Hall–Kier alpha value is -1.83. The number of aliphatic hydroxyl groups excluding tert-OH is 1. The van der Waals surface area contributed by atoms with Gasteiger partial charge in [0, 0.05) is 32.5 Å². The largest absolute Gasteiger partial charge is 0.480 e. The van der Waals surface area contributed by atoms with Crippen LogP contribution >= 0.6 is 0 Å². The van der Waals surface area contributed by atoms with Crippen LogP contribution in [0.4, 0.5) is 4.79 Å². The number of aliphatic carboxylic acids is 1. The van der Waals surface area contributed by atoms with Crippen LogP contribution in [0.3, 0.4) is 0 Å². The second-order valence-corrected chi connectivity index (χ2v) is 3.51. The Morgan fingerprint density at radius 3 is 2.39 bits per heavy atom. The lowest BCUT2D eigenvalue weighted by Gasteiger charge is -2.13. The molecule has 0 rings (SSSR count). The number of hydrogen-bond donors (Lipinski definition) is 5. The van der Waals surface area contributed by atoms with Gasteiger partial charge in [-0.25, -0.2) is 9.59 Å². The Bertz CT molecular complexity index is 295. The van der Waals surface area contributed by atoms with E-state index >= 15 is 0 Å². The zero-order valence-electron chi connectivity index (χ0n) is 10.2. The Kier molecular flexibility index (Phi) is 8.29. The van der Waals surface area contributed by atoms with E-state index in [1.807, 2.05) is 0 Å². The SMILES string of the molecule is CCNC(=O)CCNC(=O)NC(CCO)C(=O)O. The minimum Gasteiger partial charge on any atom is -0.480 e. The first-order valence-corrected chi connectivity index (χ1v) is 5.66. The number of aliphatic hydroxyl groups is 1. The number of carboxylic acids is 1. The highest BCUT2D eigenvalue weighted by Crippen LogP contribution is 1.91. The van der Waals surface area contributed by atoms with Gasteiger partial charge in [0.05, 0.1) is 0 Å². The summed E-state index contributed by atoms with van der Waals surface area (Å²) in [5.74, 6) is -1.41. The van der Waals surface area contributed by atoms with Gasteiger partial charge in [-0.3, -0.25) is 4.79 Å². The van der Waals surface area contributed by atoms with Crippen LogP contribution in [0.5, 0.6) is 0 Å². The molecule has 5 N–H and O–H groups in total. The van der Waals surface area contributed by atoms with Gasteiger partial charge in [0.25, 0.3) is 0 Å². The summed E-state index contributed by atoms with van der Waals surface area (Å²) in [4.78, 5) is 33.0. The van der Waals surface area contributed by atoms with E-state index in [2.05, 4.69) is 16.0 Å². The number of nitrogens with one attached hydrogen (secondary N) is 3. The van der Waals surface area contributed by atoms with Crippen LogP contribution in [0.2, 0.25) is 0 Å². The van der Waals surface area contributed by atoms with Gasteiger partial charge >= 0.3 is 12.0 Å². The van der Waals surface area contributed by atoms with E-state index in [9.17, 15) is 14.4 Å². The van der Waals surface area contributed by atoms with Crippen LogP contribution in [0.15, 0.2) is 0 Å². The molecule has 0 saturated heterocycles. The summed E-state index contributed by atoms with van der Waals surface area (Å²) in [7, 11) is 0. The fraction of sp³-hybridized carbons (Fsp3) is 0.700. The molecule has 0 aromatic rings. The molecule has 0 aromatic heterocycles. The van der Waals surface area contributed by atoms with E-state index in [0.717, 1.165) is 0 Å². The average molecular weight is 261 g/mol. The number of rotatable bonds is 8. The van der Waals surface area contributed by atoms with Gasteiger partial charge in [-0.05, 0) is 6.92 Å². The molecule has 0 fully saturated rings. The van der Waals surface area contributed by atoms with Crippen molar-refractivity contribution in [2.75, 3.05) is 19.7 Å². The molecule has 0 saturated carbocycles. The molecule has 104 valence electrons. The molecule has 0 aromatic carbocycles. The third-order valence-corrected chi connectivity index (χ3v) is 2.03. The van der Waals surface area contributed by atoms with Crippen molar-refractivity contribution < 1.29 is 24.6 Å². The van der Waals surface area contributed by atoms with Crippen molar-refractivity contribution in [3.63, 3.8) is 0 Å². The third kappa shape index (κ3) is 7.44. The van der Waals surface area contributed by atoms with E-state index in [-0.39, 0.29) is 31.9 Å². The topological polar surface area (TPSA) is 128 Å². The molecule has 0 radical (unpaired) electrons. The average Bonchev–Trinajstić information content (AvgIpc) is 2.28. The summed E-state index contributed by atoms with van der Waals surface area (Å²) in [6.07, 6.45) is 0.0536. The molecule has 0 heterocycles. The first-order chi connectivity index (χ1) is 8.51. The maximum Gasteiger partial charge on any atom is 0.326 e. The van der Waals surface area contributed by atoms with Gasteiger partial charge in [-0.15, -0.1) is 0 Å². The lowest BCUT2D eigenvalue weighted by molar-refractivity contribution is -0.139. The second-order valence-electron chi connectivity index (χ2n) is 3.51. The van der Waals surface area contributed by atoms with Gasteiger partial charge in [0.2, 0.25) is 5.91 Å². The molecule has 1 unspecified atom stereocenters. The number of carbonyl (C=O) groups is 3. The van der Waals surface area contributed by atoms with E-state index in [0.29, 0.717) is 6.54 Å². The maximum atomic E-state index is 11.3. The predicted octanol–water partition coefficient (Wildman–Crippen LogP) is -1.35. The summed E-state index contributed by atoms with van der Waals surface area (Å²) in [6, 6.07) is -1.82. The van der Waals surface area contributed by atoms with Crippen molar-refractivity contribution in [1.29, 1.82) is 0 Å². The molecule has 0 aliphatic rings. The van der Waals surface area contributed by atoms with Crippen molar-refractivity contribution in [3.05, 3.63) is 0 Å². The van der Waals surface area contributed by atoms with Gasteiger partial charge in [-0.2, -0.15) is 0 Å². The second kappa shape index (κ2) is 9.23. The lowest BCUT2D eigenvalue weighted by Crippen LogP contribution is -2.47. The monoisotopic (exact) mass is 261 g/mol. The first kappa shape index (κ1) is 16.2. The van der Waals surface area contributed by atoms with Gasteiger partial charge in [-0.1, -0.05) is 0 Å². The van der Waals surface area contributed by atoms with Crippen molar-refractivity contribution in [3.8, 4) is 0 Å². The molecule has 0 aliphatic carbocycles. The normalized spacial score (nSPS) is 11.4. The summed E-state index contributed by atoms with van der Waals surface area (Å²) >= 11 is 0. The van der Waals surface area contributed by atoms with Crippen LogP contribution in [0, 0.1) is 0 Å². The Labute approximate surface area is 105 Å². The minimum absolute atomic E-state index is 0.0704. The van der Waals surface area contributed by atoms with Crippen LogP contribution in [-0.4, -0.2) is 53.9 Å². The number of amides is 3. The number of urea groups is 1. The Morgan fingerprint density at radius 1 is 1.22 bits per heavy atom. The quantitative estimate of drug-likeness (QED) is 0.369. The maximum absolute atomic E-state index is 11.3. The number of hydrogen-bond acceptors (Lipinski definition) is 4. The van der Waals surface area contributed by atoms with Crippen LogP contribution < -0.4 is 16.0 Å². The van der Waals surface area contributed by atoms with E-state index in [1.165, 1.54) is 0 Å². The predicted molar refractivity (Wildman–Crippen MR) is 63.0 cm³/mol. The Morgan fingerprint density at radius 2 is 1.89 bits per heavy atom. The standard InChI is InChI=1S/C10H19N3O5/c1-2-11-8(15)3-5-12-10(18)13-7(4-6-14)9(16)17/h7,14H,2-6H2,1H3,(H,11,15)(H,16,17)(H2,12,13,18). The third-order valence-electron chi connectivity index (χ3n) is 2.03.